The lowest BCUT2D eigenvalue weighted by atomic mass is 10.1. The first-order valence-electron chi connectivity index (χ1n) is 8.00. The third-order valence-electron chi connectivity index (χ3n) is 3.59. The number of hydrogen-bond acceptors (Lipinski definition) is 4. The minimum atomic E-state index is -0.657. The Morgan fingerprint density at radius 3 is 2.57 bits per heavy atom. The Morgan fingerprint density at radius 2 is 1.91 bits per heavy atom. The van der Waals surface area contributed by atoms with Gasteiger partial charge in [-0.25, -0.2) is 4.79 Å². The van der Waals surface area contributed by atoms with Crippen LogP contribution in [0.15, 0.2) is 24.3 Å². The van der Waals surface area contributed by atoms with Crippen molar-refractivity contribution in [2.75, 3.05) is 16.8 Å². The van der Waals surface area contributed by atoms with E-state index in [-0.39, 0.29) is 0 Å². The molecule has 0 radical (unpaired) electrons. The smallest absolute Gasteiger partial charge is 0.407 e. The Balaban J connectivity index is 1.92. The van der Waals surface area contributed by atoms with Crippen molar-refractivity contribution in [3.05, 3.63) is 29.8 Å². The topological polar surface area (TPSA) is 67.4 Å². The Bertz CT molecular complexity index is 559. The van der Waals surface area contributed by atoms with E-state index in [9.17, 15) is 9.00 Å². The number of carbonyl (C=O) groups is 1. The van der Waals surface area contributed by atoms with Crippen LogP contribution in [-0.4, -0.2) is 33.5 Å². The number of rotatable bonds is 4. The van der Waals surface area contributed by atoms with Gasteiger partial charge in [-0.15, -0.1) is 0 Å². The van der Waals surface area contributed by atoms with Crippen molar-refractivity contribution < 1.29 is 13.7 Å². The first kappa shape index (κ1) is 17.8. The number of nitrogens with one attached hydrogen (secondary N) is 2. The van der Waals surface area contributed by atoms with Crippen molar-refractivity contribution in [1.82, 2.24) is 5.32 Å². The number of ether oxygens (including phenoxy) is 1. The average Bonchev–Trinajstić information content (AvgIpc) is 2.47. The van der Waals surface area contributed by atoms with Crippen LogP contribution in [0.3, 0.4) is 0 Å². The molecule has 1 aromatic carbocycles. The number of para-hydroxylation sites is 1. The van der Waals surface area contributed by atoms with Crippen molar-refractivity contribution in [3.8, 4) is 0 Å². The third-order valence-corrected chi connectivity index (χ3v) is 4.97. The van der Waals surface area contributed by atoms with Gasteiger partial charge in [-0.2, -0.15) is 0 Å². The fourth-order valence-corrected chi connectivity index (χ4v) is 3.75. The van der Waals surface area contributed by atoms with Gasteiger partial charge in [0.1, 0.15) is 5.60 Å². The lowest BCUT2D eigenvalue weighted by molar-refractivity contribution is 0.0523. The van der Waals surface area contributed by atoms with Gasteiger partial charge in [0, 0.05) is 40.6 Å². The largest absolute Gasteiger partial charge is 0.444 e. The molecule has 1 saturated heterocycles. The van der Waals surface area contributed by atoms with E-state index < -0.39 is 22.5 Å². The molecule has 2 N–H and O–H groups in total. The second kappa shape index (κ2) is 7.81. The van der Waals surface area contributed by atoms with Crippen LogP contribution in [0.2, 0.25) is 0 Å². The van der Waals surface area contributed by atoms with E-state index >= 15 is 0 Å². The molecule has 23 heavy (non-hydrogen) atoms. The SMILES string of the molecule is CC(C)(C)OC(=O)NCc1ccccc1NC1CCS(=O)CC1. The van der Waals surface area contributed by atoms with E-state index in [1.165, 1.54) is 0 Å². The van der Waals surface area contributed by atoms with E-state index in [1.807, 2.05) is 45.0 Å². The summed E-state index contributed by atoms with van der Waals surface area (Å²) in [5.41, 5.74) is 1.53. The minimum Gasteiger partial charge on any atom is -0.444 e. The zero-order valence-electron chi connectivity index (χ0n) is 14.1. The molecule has 0 spiro atoms. The first-order valence-corrected chi connectivity index (χ1v) is 9.48. The summed E-state index contributed by atoms with van der Waals surface area (Å²) in [4.78, 5) is 11.8. The van der Waals surface area contributed by atoms with Crippen molar-refractivity contribution in [3.63, 3.8) is 0 Å². The summed E-state index contributed by atoms with van der Waals surface area (Å²) in [5, 5.41) is 6.31. The number of anilines is 1. The van der Waals surface area contributed by atoms with Crippen LogP contribution >= 0.6 is 0 Å². The van der Waals surface area contributed by atoms with Gasteiger partial charge in [-0.05, 0) is 45.2 Å². The maximum absolute atomic E-state index is 11.8. The second-order valence-corrected chi connectivity index (χ2v) is 8.48. The average molecular weight is 338 g/mol. The monoisotopic (exact) mass is 338 g/mol. The van der Waals surface area contributed by atoms with E-state index in [2.05, 4.69) is 10.6 Å². The predicted octanol–water partition coefficient (Wildman–Crippen LogP) is 3.03. The molecule has 5 nitrogen and oxygen atoms in total. The van der Waals surface area contributed by atoms with Gasteiger partial charge in [0.25, 0.3) is 0 Å². The lowest BCUT2D eigenvalue weighted by Gasteiger charge is -2.25. The Labute approximate surface area is 140 Å². The zero-order valence-corrected chi connectivity index (χ0v) is 14.9. The summed E-state index contributed by atoms with van der Waals surface area (Å²) in [6, 6.07) is 8.27. The highest BCUT2D eigenvalue weighted by Gasteiger charge is 2.19. The molecule has 128 valence electrons. The molecule has 1 heterocycles. The summed E-state index contributed by atoms with van der Waals surface area (Å²) >= 11 is 0. The zero-order chi connectivity index (χ0) is 16.9. The van der Waals surface area contributed by atoms with Crippen LogP contribution in [0.25, 0.3) is 0 Å². The lowest BCUT2D eigenvalue weighted by Crippen LogP contribution is -2.33. The van der Waals surface area contributed by atoms with Gasteiger partial charge in [0.15, 0.2) is 0 Å². The van der Waals surface area contributed by atoms with Gasteiger partial charge >= 0.3 is 6.09 Å². The molecular weight excluding hydrogens is 312 g/mol. The number of amides is 1. The molecule has 0 atom stereocenters. The van der Waals surface area contributed by atoms with Crippen molar-refractivity contribution in [2.45, 2.75) is 51.8 Å². The molecule has 0 unspecified atom stereocenters. The van der Waals surface area contributed by atoms with Crippen LogP contribution < -0.4 is 10.6 Å². The van der Waals surface area contributed by atoms with Crippen molar-refractivity contribution >= 4 is 22.6 Å². The number of carbonyl (C=O) groups excluding carboxylic acids is 1. The standard InChI is InChI=1S/C17H26N2O3S/c1-17(2,3)22-16(20)18-12-13-6-4-5-7-15(13)19-14-8-10-23(21)11-9-14/h4-7,14,19H,8-12H2,1-3H3,(H,18,20). The normalized spacial score (nSPS) is 21.5. The second-order valence-electron chi connectivity index (χ2n) is 6.78. The molecule has 1 amide bonds. The summed E-state index contributed by atoms with van der Waals surface area (Å²) in [6.07, 6.45) is 1.42. The summed E-state index contributed by atoms with van der Waals surface area (Å²) in [6.45, 7) is 5.94. The van der Waals surface area contributed by atoms with E-state index in [4.69, 9.17) is 4.74 Å². The summed E-state index contributed by atoms with van der Waals surface area (Å²) in [5.74, 6) is 1.52. The number of alkyl carbamates (subject to hydrolysis) is 1. The minimum absolute atomic E-state index is 0.343. The molecular formula is C17H26N2O3S. The fraction of sp³-hybridized carbons (Fsp3) is 0.588. The highest BCUT2D eigenvalue weighted by Crippen LogP contribution is 2.20. The fourth-order valence-electron chi connectivity index (χ4n) is 2.45. The van der Waals surface area contributed by atoms with Gasteiger partial charge in [0.05, 0.1) is 0 Å². The summed E-state index contributed by atoms with van der Waals surface area (Å²) in [7, 11) is -0.657. The van der Waals surface area contributed by atoms with Gasteiger partial charge in [-0.1, -0.05) is 18.2 Å². The molecule has 1 aliphatic rings. The Morgan fingerprint density at radius 1 is 1.26 bits per heavy atom. The van der Waals surface area contributed by atoms with Crippen LogP contribution in [0.5, 0.6) is 0 Å². The van der Waals surface area contributed by atoms with Gasteiger partial charge < -0.3 is 15.4 Å². The highest BCUT2D eigenvalue weighted by atomic mass is 32.2. The van der Waals surface area contributed by atoms with Crippen LogP contribution in [-0.2, 0) is 22.1 Å². The third kappa shape index (κ3) is 6.22. The number of hydrogen-bond donors (Lipinski definition) is 2. The number of benzene rings is 1. The Kier molecular flexibility index (Phi) is 6.04. The van der Waals surface area contributed by atoms with Crippen molar-refractivity contribution in [1.29, 1.82) is 0 Å². The molecule has 2 rings (SSSR count). The van der Waals surface area contributed by atoms with E-state index in [1.54, 1.807) is 0 Å². The molecule has 6 heteroatoms. The van der Waals surface area contributed by atoms with Crippen LogP contribution in [0, 0.1) is 0 Å². The van der Waals surface area contributed by atoms with Gasteiger partial charge in [0.2, 0.25) is 0 Å². The predicted molar refractivity (Wildman–Crippen MR) is 94.0 cm³/mol. The molecule has 1 aromatic rings. The highest BCUT2D eigenvalue weighted by molar-refractivity contribution is 7.85. The molecule has 0 aliphatic carbocycles. The van der Waals surface area contributed by atoms with E-state index in [0.29, 0.717) is 12.6 Å². The van der Waals surface area contributed by atoms with E-state index in [0.717, 1.165) is 35.6 Å². The van der Waals surface area contributed by atoms with Crippen molar-refractivity contribution in [2.24, 2.45) is 0 Å². The Hall–Kier alpha value is -1.56. The molecule has 1 fully saturated rings. The molecule has 0 bridgehead atoms. The van der Waals surface area contributed by atoms with Crippen LogP contribution in [0.1, 0.15) is 39.2 Å². The van der Waals surface area contributed by atoms with Gasteiger partial charge in [-0.3, -0.25) is 4.21 Å². The quantitative estimate of drug-likeness (QED) is 0.885. The summed E-state index contributed by atoms with van der Waals surface area (Å²) < 4.78 is 16.7. The first-order chi connectivity index (χ1) is 10.8. The molecule has 1 aliphatic heterocycles. The maximum atomic E-state index is 11.8. The van der Waals surface area contributed by atoms with Crippen LogP contribution in [0.4, 0.5) is 10.5 Å². The maximum Gasteiger partial charge on any atom is 0.407 e. The molecule has 0 saturated carbocycles. The molecule has 0 aromatic heterocycles.